The third-order valence-electron chi connectivity index (χ3n) is 7.06. The van der Waals surface area contributed by atoms with Crippen LogP contribution < -0.4 is 22.8 Å². The van der Waals surface area contributed by atoms with Crippen molar-refractivity contribution in [2.75, 3.05) is 36.2 Å². The molecule has 4 N–H and O–H groups in total. The maximum Gasteiger partial charge on any atom is 0.351 e. The fourth-order valence-electron chi connectivity index (χ4n) is 4.71. The highest BCUT2D eigenvalue weighted by Crippen LogP contribution is 2.32. The van der Waals surface area contributed by atoms with E-state index in [1.165, 1.54) is 32.7 Å². The quantitative estimate of drug-likeness (QED) is 0.187. The van der Waals surface area contributed by atoms with Crippen molar-refractivity contribution in [2.24, 2.45) is 0 Å². The maximum absolute atomic E-state index is 12.1. The second-order valence-electron chi connectivity index (χ2n) is 10.5. The second kappa shape index (κ2) is 17.4. The topological polar surface area (TPSA) is 193 Å². The molecule has 2 fully saturated rings. The summed E-state index contributed by atoms with van der Waals surface area (Å²) in [7, 11) is 0. The van der Waals surface area contributed by atoms with Crippen molar-refractivity contribution in [1.29, 1.82) is 0 Å². The minimum Gasteiger partial charge on any atom is -0.462 e. The van der Waals surface area contributed by atoms with Gasteiger partial charge in [0.05, 0.1) is 0 Å². The van der Waals surface area contributed by atoms with Gasteiger partial charge in [0.1, 0.15) is 48.2 Å². The van der Waals surface area contributed by atoms with Crippen molar-refractivity contribution in [3.05, 3.63) is 45.5 Å². The van der Waals surface area contributed by atoms with Gasteiger partial charge in [-0.15, -0.1) is 23.5 Å². The van der Waals surface area contributed by atoms with Gasteiger partial charge in [0.25, 0.3) is 0 Å². The molecule has 0 bridgehead atoms. The van der Waals surface area contributed by atoms with Gasteiger partial charge < -0.3 is 30.4 Å². The van der Waals surface area contributed by atoms with Gasteiger partial charge in [0.2, 0.25) is 0 Å². The van der Waals surface area contributed by atoms with E-state index in [2.05, 4.69) is 9.97 Å². The molecule has 0 amide bonds. The lowest BCUT2D eigenvalue weighted by Crippen LogP contribution is -2.29. The van der Waals surface area contributed by atoms with Crippen LogP contribution in [0.25, 0.3) is 0 Å². The first-order chi connectivity index (χ1) is 21.3. The minimum atomic E-state index is -0.469. The SMILES string of the molecule is Nc1ccn([C@@H]2CS[C@H](COC(=O)CCCCCCCCCCC(=O)OC[C@@H]3O[C@H](n4ccc(N)nc4=O)CS3)O2)c(=O)n1. The van der Waals surface area contributed by atoms with Gasteiger partial charge in [-0.25, -0.2) is 9.59 Å². The number of anilines is 2. The van der Waals surface area contributed by atoms with Gasteiger partial charge in [0.15, 0.2) is 0 Å². The molecule has 2 aliphatic rings. The first-order valence-electron chi connectivity index (χ1n) is 14.8. The number of thioether (sulfide) groups is 2. The fourth-order valence-corrected chi connectivity index (χ4v) is 6.69. The van der Waals surface area contributed by atoms with Gasteiger partial charge in [-0.1, -0.05) is 38.5 Å². The predicted octanol–water partition coefficient (Wildman–Crippen LogP) is 2.83. The Kier molecular flexibility index (Phi) is 13.4. The number of unbranched alkanes of at least 4 members (excludes halogenated alkanes) is 7. The summed E-state index contributed by atoms with van der Waals surface area (Å²) < 4.78 is 25.1. The highest BCUT2D eigenvalue weighted by Gasteiger charge is 2.30. The van der Waals surface area contributed by atoms with Gasteiger partial charge in [-0.05, 0) is 25.0 Å². The fraction of sp³-hybridized carbons (Fsp3) is 0.643. The Hall–Kier alpha value is -3.08. The number of aromatic nitrogens is 4. The maximum atomic E-state index is 12.1. The average Bonchev–Trinajstić information content (AvgIpc) is 3.66. The standard InChI is InChI=1S/C28H40N6O8S2/c29-19-11-13-33(27(37)31-19)21-17-43-25(41-21)15-39-23(35)9-7-5-3-1-2-4-6-8-10-24(36)40-16-26-42-22(18-44-26)34-14-12-20(30)32-28(34)38/h11-14,21-22,25-26H,1-10,15-18H2,(H2,29,31,37)(H2,30,32,38)/t21-,22-,25+,26+/m0/s1. The molecule has 4 rings (SSSR count). The molecule has 2 saturated heterocycles. The van der Waals surface area contributed by atoms with Crippen LogP contribution in [0, 0.1) is 0 Å². The van der Waals surface area contributed by atoms with E-state index >= 15 is 0 Å². The van der Waals surface area contributed by atoms with Crippen LogP contribution >= 0.6 is 23.5 Å². The molecule has 0 aliphatic carbocycles. The van der Waals surface area contributed by atoms with Crippen molar-refractivity contribution < 1.29 is 28.5 Å². The Balaban J connectivity index is 0.937. The van der Waals surface area contributed by atoms with Crippen molar-refractivity contribution in [2.45, 2.75) is 87.5 Å². The van der Waals surface area contributed by atoms with Crippen molar-refractivity contribution in [1.82, 2.24) is 19.1 Å². The monoisotopic (exact) mass is 652 g/mol. The summed E-state index contributed by atoms with van der Waals surface area (Å²) in [5.41, 5.74) is 9.46. The molecule has 0 spiro atoms. The van der Waals surface area contributed by atoms with E-state index in [1.54, 1.807) is 24.5 Å². The molecule has 4 atom stereocenters. The molecule has 0 unspecified atom stereocenters. The smallest absolute Gasteiger partial charge is 0.351 e. The summed E-state index contributed by atoms with van der Waals surface area (Å²) in [6, 6.07) is 3.08. The summed E-state index contributed by atoms with van der Waals surface area (Å²) >= 11 is 2.98. The molecule has 0 aromatic carbocycles. The van der Waals surface area contributed by atoms with Crippen molar-refractivity contribution in [3.63, 3.8) is 0 Å². The summed E-state index contributed by atoms with van der Waals surface area (Å²) in [6.07, 6.45) is 10.6. The highest BCUT2D eigenvalue weighted by atomic mass is 32.2. The van der Waals surface area contributed by atoms with Crippen LogP contribution in [0.15, 0.2) is 34.1 Å². The summed E-state index contributed by atoms with van der Waals surface area (Å²) in [5.74, 6) is 0.947. The van der Waals surface area contributed by atoms with Crippen LogP contribution in [0.1, 0.15) is 76.7 Å². The number of hydrogen-bond acceptors (Lipinski definition) is 14. The largest absolute Gasteiger partial charge is 0.462 e. The van der Waals surface area contributed by atoms with E-state index in [0.29, 0.717) is 24.3 Å². The van der Waals surface area contributed by atoms with E-state index in [0.717, 1.165) is 51.4 Å². The Morgan fingerprint density at radius 3 is 1.50 bits per heavy atom. The average molecular weight is 653 g/mol. The number of ether oxygens (including phenoxy) is 4. The van der Waals surface area contributed by atoms with E-state index in [1.807, 2.05) is 0 Å². The number of esters is 2. The Labute approximate surface area is 263 Å². The van der Waals surface area contributed by atoms with Crippen LogP contribution in [0.3, 0.4) is 0 Å². The summed E-state index contributed by atoms with van der Waals surface area (Å²) in [5, 5.41) is 0. The zero-order valence-corrected chi connectivity index (χ0v) is 26.2. The van der Waals surface area contributed by atoms with Crippen molar-refractivity contribution >= 4 is 47.1 Å². The molecule has 2 aliphatic heterocycles. The molecule has 2 aromatic rings. The lowest BCUT2D eigenvalue weighted by atomic mass is 10.1. The van der Waals surface area contributed by atoms with Crippen LogP contribution in [0.4, 0.5) is 11.6 Å². The third kappa shape index (κ3) is 10.8. The molecule has 0 saturated carbocycles. The van der Waals surface area contributed by atoms with Gasteiger partial charge in [-0.3, -0.25) is 18.7 Å². The molecular formula is C28H40N6O8S2. The van der Waals surface area contributed by atoms with E-state index in [4.69, 9.17) is 30.4 Å². The first kappa shape index (κ1) is 33.8. The molecule has 16 heteroatoms. The molecule has 44 heavy (non-hydrogen) atoms. The second-order valence-corrected chi connectivity index (χ2v) is 12.9. The van der Waals surface area contributed by atoms with Crippen LogP contribution in [0.2, 0.25) is 0 Å². The minimum absolute atomic E-state index is 0.142. The van der Waals surface area contributed by atoms with E-state index in [9.17, 15) is 19.2 Å². The van der Waals surface area contributed by atoms with Crippen LogP contribution in [-0.2, 0) is 28.5 Å². The lowest BCUT2D eigenvalue weighted by molar-refractivity contribution is -0.147. The first-order valence-corrected chi connectivity index (χ1v) is 16.9. The van der Waals surface area contributed by atoms with Gasteiger partial charge in [-0.2, -0.15) is 9.97 Å². The number of rotatable bonds is 17. The third-order valence-corrected chi connectivity index (χ3v) is 9.26. The number of carbonyl (C=O) groups is 2. The van der Waals surface area contributed by atoms with Crippen molar-refractivity contribution in [3.8, 4) is 0 Å². The number of hydrogen-bond donors (Lipinski definition) is 2. The number of nitrogen functional groups attached to an aromatic ring is 2. The normalized spacial score (nSPS) is 21.4. The Morgan fingerprint density at radius 2 is 1.11 bits per heavy atom. The molecule has 2 aromatic heterocycles. The van der Waals surface area contributed by atoms with Crippen LogP contribution in [0.5, 0.6) is 0 Å². The zero-order valence-electron chi connectivity index (χ0n) is 24.5. The molecule has 242 valence electrons. The molecule has 4 heterocycles. The predicted molar refractivity (Wildman–Crippen MR) is 167 cm³/mol. The summed E-state index contributed by atoms with van der Waals surface area (Å²) in [4.78, 5) is 55.5. The molecular weight excluding hydrogens is 612 g/mol. The van der Waals surface area contributed by atoms with Crippen LogP contribution in [-0.4, -0.2) is 66.6 Å². The molecule has 0 radical (unpaired) electrons. The number of nitrogens with zero attached hydrogens (tertiary/aromatic N) is 4. The Morgan fingerprint density at radius 1 is 0.727 bits per heavy atom. The van der Waals surface area contributed by atoms with E-state index in [-0.39, 0.29) is 47.7 Å². The van der Waals surface area contributed by atoms with E-state index < -0.39 is 23.8 Å². The van der Waals surface area contributed by atoms with Gasteiger partial charge in [0, 0.05) is 36.7 Å². The lowest BCUT2D eigenvalue weighted by Gasteiger charge is -2.14. The number of carbonyl (C=O) groups excluding carboxylic acids is 2. The zero-order chi connectivity index (χ0) is 31.3. The highest BCUT2D eigenvalue weighted by molar-refractivity contribution is 8.00. The Bertz CT molecular complexity index is 1260. The molecule has 14 nitrogen and oxygen atoms in total. The number of nitrogens with two attached hydrogens (primary N) is 2. The summed E-state index contributed by atoms with van der Waals surface area (Å²) in [6.45, 7) is 0.284. The van der Waals surface area contributed by atoms with Gasteiger partial charge >= 0.3 is 23.3 Å².